The van der Waals surface area contributed by atoms with Gasteiger partial charge in [-0.05, 0) is 33.7 Å². The molecule has 0 saturated carbocycles. The van der Waals surface area contributed by atoms with Crippen molar-refractivity contribution in [3.05, 3.63) is 60.7 Å². The van der Waals surface area contributed by atoms with Gasteiger partial charge in [0.2, 0.25) is 0 Å². The van der Waals surface area contributed by atoms with Crippen molar-refractivity contribution in [1.29, 1.82) is 0 Å². The van der Waals surface area contributed by atoms with E-state index in [2.05, 4.69) is 65.4 Å². The highest BCUT2D eigenvalue weighted by Gasteiger charge is 2.01. The van der Waals surface area contributed by atoms with Crippen LogP contribution >= 0.6 is 0 Å². The van der Waals surface area contributed by atoms with Crippen LogP contribution in [0.25, 0.3) is 21.5 Å². The zero-order valence-corrected chi connectivity index (χ0v) is 10.9. The molecule has 5 heteroatoms. The first kappa shape index (κ1) is 14.3. The summed E-state index contributed by atoms with van der Waals surface area (Å²) in [5.74, 6) is 0. The number of hydrogen-bond acceptors (Lipinski definition) is 3. The van der Waals surface area contributed by atoms with E-state index in [1.54, 1.807) is 0 Å². The van der Waals surface area contributed by atoms with Gasteiger partial charge < -0.3 is 14.9 Å². The molecule has 0 aliphatic heterocycles. The number of rotatable bonds is 0. The predicted molar refractivity (Wildman–Crippen MR) is 78.6 cm³/mol. The molecule has 5 nitrogen and oxygen atoms in total. The highest BCUT2D eigenvalue weighted by Crippen LogP contribution is 2.21. The van der Waals surface area contributed by atoms with Crippen LogP contribution in [0.15, 0.2) is 60.7 Å². The highest BCUT2D eigenvalue weighted by molar-refractivity contribution is 5.98. The van der Waals surface area contributed by atoms with Gasteiger partial charge in [0.05, 0.1) is 0 Å². The first-order valence-electron chi connectivity index (χ1n) is 6.07. The van der Waals surface area contributed by atoms with Gasteiger partial charge in [-0.2, -0.15) is 0 Å². The third-order valence-electron chi connectivity index (χ3n) is 2.79. The van der Waals surface area contributed by atoms with Crippen molar-refractivity contribution in [3.63, 3.8) is 0 Å². The molecule has 0 fully saturated rings. The van der Waals surface area contributed by atoms with Crippen molar-refractivity contribution in [3.8, 4) is 0 Å². The van der Waals surface area contributed by atoms with E-state index in [0.29, 0.717) is 0 Å². The molecule has 0 bridgehead atoms. The van der Waals surface area contributed by atoms with E-state index in [-0.39, 0.29) is 0 Å². The van der Waals surface area contributed by atoms with E-state index in [9.17, 15) is 9.59 Å². The van der Waals surface area contributed by atoms with E-state index in [1.807, 2.05) is 0 Å². The average molecular weight is 284 g/mol. The minimum Gasteiger partial charge on any atom is -0.449 e. The summed E-state index contributed by atoms with van der Waals surface area (Å²) in [5, 5.41) is 20.2. The summed E-state index contributed by atoms with van der Waals surface area (Å²) in [6.45, 7) is 0. The monoisotopic (exact) mass is 284 g/mol. The number of fused-ring (bicyclic) bond motifs is 2. The number of benzene rings is 3. The predicted octanol–water partition coefficient (Wildman–Crippen LogP) is 4.35. The maximum atomic E-state index is 9.21. The second-order valence-corrected chi connectivity index (χ2v) is 4.18. The Morgan fingerprint density at radius 2 is 0.952 bits per heavy atom. The van der Waals surface area contributed by atoms with Gasteiger partial charge >= 0.3 is 12.3 Å². The van der Waals surface area contributed by atoms with Crippen molar-refractivity contribution in [2.75, 3.05) is 0 Å². The van der Waals surface area contributed by atoms with E-state index >= 15 is 0 Å². The molecule has 3 aromatic carbocycles. The van der Waals surface area contributed by atoms with Gasteiger partial charge in [0.25, 0.3) is 0 Å². The number of hydrogen-bond donors (Lipinski definition) is 2. The molecule has 0 saturated heterocycles. The van der Waals surface area contributed by atoms with Gasteiger partial charge in [-0.3, -0.25) is 0 Å². The molecule has 0 heterocycles. The second kappa shape index (κ2) is 6.38. The van der Waals surface area contributed by atoms with Gasteiger partial charge in [0.15, 0.2) is 0 Å². The molecule has 0 unspecified atom stereocenters. The van der Waals surface area contributed by atoms with E-state index in [0.717, 1.165) is 0 Å². The summed E-state index contributed by atoms with van der Waals surface area (Å²) in [6, 6.07) is 21.4. The fraction of sp³-hybridized carbons (Fsp3) is 0. The molecular formula is C16H12O5. The molecule has 21 heavy (non-hydrogen) atoms. The quantitative estimate of drug-likeness (QED) is 0.364. The molecule has 0 radical (unpaired) electrons. The molecule has 106 valence electrons. The van der Waals surface area contributed by atoms with Crippen molar-refractivity contribution in [2.45, 2.75) is 0 Å². The van der Waals surface area contributed by atoms with Gasteiger partial charge in [-0.15, -0.1) is 0 Å². The van der Waals surface area contributed by atoms with Crippen LogP contribution in [0.4, 0.5) is 9.59 Å². The molecule has 0 amide bonds. The zero-order valence-electron chi connectivity index (χ0n) is 10.9. The smallest absolute Gasteiger partial charge is 0.449 e. The van der Waals surface area contributed by atoms with Crippen LogP contribution in [0, 0.1) is 0 Å². The number of carboxylic acid groups (broad SMARTS) is 2. The standard InChI is InChI=1S/C14H10.C2H2O5/c1-2-6-12-10-14-8-4-3-7-13(14)9-11(12)5-1;3-1(4)7-2(5)6/h1-10H;(H,3,4)(H,5,6). The van der Waals surface area contributed by atoms with Crippen LogP contribution in [-0.4, -0.2) is 22.5 Å². The van der Waals surface area contributed by atoms with E-state index in [4.69, 9.17) is 10.2 Å². The summed E-state index contributed by atoms with van der Waals surface area (Å²) in [4.78, 5) is 18.4. The third-order valence-corrected chi connectivity index (χ3v) is 2.79. The van der Waals surface area contributed by atoms with Crippen LogP contribution in [0.1, 0.15) is 0 Å². The maximum absolute atomic E-state index is 9.21. The van der Waals surface area contributed by atoms with Crippen LogP contribution in [0.5, 0.6) is 0 Å². The summed E-state index contributed by atoms with van der Waals surface area (Å²) >= 11 is 0. The normalized spacial score (nSPS) is 9.71. The van der Waals surface area contributed by atoms with Crippen molar-refractivity contribution in [1.82, 2.24) is 0 Å². The Balaban J connectivity index is 0.000000199. The largest absolute Gasteiger partial charge is 0.516 e. The molecule has 0 aromatic heterocycles. The SMILES string of the molecule is O=C(O)OC(=O)O.c1ccc2cc3ccccc3cc2c1. The minimum absolute atomic E-state index is 1.31. The van der Waals surface area contributed by atoms with E-state index < -0.39 is 12.3 Å². The van der Waals surface area contributed by atoms with Gasteiger partial charge in [0.1, 0.15) is 0 Å². The van der Waals surface area contributed by atoms with Crippen molar-refractivity contribution < 1.29 is 24.5 Å². The second-order valence-electron chi connectivity index (χ2n) is 4.18. The Labute approximate surface area is 120 Å². The highest BCUT2D eigenvalue weighted by atomic mass is 16.7. The van der Waals surface area contributed by atoms with Gasteiger partial charge in [-0.1, -0.05) is 48.5 Å². The fourth-order valence-corrected chi connectivity index (χ4v) is 1.96. The molecule has 0 aliphatic carbocycles. The van der Waals surface area contributed by atoms with Gasteiger partial charge in [-0.25, -0.2) is 9.59 Å². The summed E-state index contributed by atoms with van der Waals surface area (Å²) < 4.78 is 3.08. The van der Waals surface area contributed by atoms with Crippen LogP contribution < -0.4 is 0 Å². The Hall–Kier alpha value is -3.08. The lowest BCUT2D eigenvalue weighted by molar-refractivity contribution is 0.0802. The minimum atomic E-state index is -1.81. The number of carbonyl (C=O) groups is 2. The summed E-state index contributed by atoms with van der Waals surface area (Å²) in [6.07, 6.45) is -3.62. The Kier molecular flexibility index (Phi) is 4.36. The molecule has 0 spiro atoms. The number of ether oxygens (including phenoxy) is 1. The van der Waals surface area contributed by atoms with E-state index in [1.165, 1.54) is 21.5 Å². The Morgan fingerprint density at radius 1 is 0.667 bits per heavy atom. The third kappa shape index (κ3) is 3.94. The summed E-state index contributed by atoms with van der Waals surface area (Å²) in [5.41, 5.74) is 0. The fourth-order valence-electron chi connectivity index (χ4n) is 1.96. The van der Waals surface area contributed by atoms with Crippen molar-refractivity contribution in [2.24, 2.45) is 0 Å². The van der Waals surface area contributed by atoms with Crippen LogP contribution in [0.3, 0.4) is 0 Å². The molecular weight excluding hydrogens is 272 g/mol. The zero-order chi connectivity index (χ0) is 15.2. The lowest BCUT2D eigenvalue weighted by Gasteiger charge is -2.00. The molecule has 3 aromatic rings. The maximum Gasteiger partial charge on any atom is 0.516 e. The van der Waals surface area contributed by atoms with Crippen molar-refractivity contribution >= 4 is 33.9 Å². The van der Waals surface area contributed by atoms with Crippen LogP contribution in [-0.2, 0) is 4.74 Å². The first-order valence-corrected chi connectivity index (χ1v) is 6.07. The van der Waals surface area contributed by atoms with Gasteiger partial charge in [0, 0.05) is 0 Å². The lowest BCUT2D eigenvalue weighted by Crippen LogP contribution is -2.05. The topological polar surface area (TPSA) is 83.8 Å². The molecule has 0 aliphatic rings. The molecule has 3 rings (SSSR count). The molecule has 2 N–H and O–H groups in total. The van der Waals surface area contributed by atoms with Crippen LogP contribution in [0.2, 0.25) is 0 Å². The average Bonchev–Trinajstić information content (AvgIpc) is 2.44. The Bertz CT molecular complexity index is 678. The lowest BCUT2D eigenvalue weighted by atomic mass is 10.0. The first-order chi connectivity index (χ1) is 10.1. The Morgan fingerprint density at radius 3 is 1.14 bits per heavy atom. The summed E-state index contributed by atoms with van der Waals surface area (Å²) in [7, 11) is 0. The molecule has 0 atom stereocenters.